The molecule has 0 radical (unpaired) electrons. The van der Waals surface area contributed by atoms with E-state index in [0.717, 1.165) is 18.7 Å². The number of hydrogen-bond donors (Lipinski definition) is 2. The summed E-state index contributed by atoms with van der Waals surface area (Å²) in [7, 11) is 2.07. The first-order valence-electron chi connectivity index (χ1n) is 9.29. The molecule has 2 rings (SSSR count). The highest BCUT2D eigenvalue weighted by molar-refractivity contribution is 5.95. The molecule has 0 saturated heterocycles. The molecule has 0 aliphatic heterocycles. The fraction of sp³-hybridized carbons (Fsp3) is 0.429. The number of furan rings is 1. The number of rotatable bonds is 9. The number of carbonyl (C=O) groups excluding carboxylic acids is 2. The molecule has 6 nitrogen and oxygen atoms in total. The monoisotopic (exact) mass is 371 g/mol. The van der Waals surface area contributed by atoms with Crippen LogP contribution in [-0.2, 0) is 17.9 Å². The zero-order valence-corrected chi connectivity index (χ0v) is 16.5. The van der Waals surface area contributed by atoms with E-state index in [0.29, 0.717) is 6.54 Å². The van der Waals surface area contributed by atoms with Crippen LogP contribution in [0.4, 0.5) is 0 Å². The van der Waals surface area contributed by atoms with Gasteiger partial charge in [-0.1, -0.05) is 45.0 Å². The minimum atomic E-state index is -0.628. The first kappa shape index (κ1) is 20.7. The fourth-order valence-corrected chi connectivity index (χ4v) is 2.72. The van der Waals surface area contributed by atoms with Crippen molar-refractivity contribution in [2.24, 2.45) is 5.92 Å². The summed E-state index contributed by atoms with van der Waals surface area (Å²) in [5.41, 5.74) is 2.24. The number of carbonyl (C=O) groups is 2. The molecule has 1 aromatic heterocycles. The molecule has 0 spiro atoms. The van der Waals surface area contributed by atoms with Crippen LogP contribution in [0.25, 0.3) is 0 Å². The number of nitrogens with one attached hydrogen (secondary N) is 2. The van der Waals surface area contributed by atoms with Gasteiger partial charge < -0.3 is 20.0 Å². The van der Waals surface area contributed by atoms with Gasteiger partial charge in [-0.05, 0) is 42.8 Å². The van der Waals surface area contributed by atoms with E-state index in [1.807, 2.05) is 26.0 Å². The molecule has 0 unspecified atom stereocenters. The predicted molar refractivity (Wildman–Crippen MR) is 105 cm³/mol. The molecule has 1 atom stereocenters. The zero-order chi connectivity index (χ0) is 19.8. The van der Waals surface area contributed by atoms with Crippen molar-refractivity contribution < 1.29 is 14.0 Å². The minimum absolute atomic E-state index is 0.0477. The molecule has 2 amide bonds. The van der Waals surface area contributed by atoms with Crippen LogP contribution >= 0.6 is 0 Å². The van der Waals surface area contributed by atoms with Gasteiger partial charge in [-0.2, -0.15) is 0 Å². The fourth-order valence-electron chi connectivity index (χ4n) is 2.72. The van der Waals surface area contributed by atoms with Gasteiger partial charge in [-0.3, -0.25) is 9.59 Å². The molecule has 2 aromatic rings. The molecule has 0 bridgehead atoms. The summed E-state index contributed by atoms with van der Waals surface area (Å²) < 4.78 is 5.09. The van der Waals surface area contributed by atoms with Crippen LogP contribution in [0.2, 0.25) is 0 Å². The second-order valence-electron chi connectivity index (χ2n) is 7.04. The van der Waals surface area contributed by atoms with Crippen molar-refractivity contribution in [2.75, 3.05) is 13.6 Å². The van der Waals surface area contributed by atoms with E-state index in [4.69, 9.17) is 4.42 Å². The lowest BCUT2D eigenvalue weighted by Gasteiger charge is -2.21. The van der Waals surface area contributed by atoms with Gasteiger partial charge in [0.25, 0.3) is 5.91 Å². The smallest absolute Gasteiger partial charge is 0.287 e. The Morgan fingerprint density at radius 2 is 1.89 bits per heavy atom. The molecule has 146 valence electrons. The number of hydrogen-bond acceptors (Lipinski definition) is 4. The lowest BCUT2D eigenvalue weighted by atomic mass is 10.0. The zero-order valence-electron chi connectivity index (χ0n) is 16.5. The Balaban J connectivity index is 1.95. The summed E-state index contributed by atoms with van der Waals surface area (Å²) in [4.78, 5) is 27.0. The average molecular weight is 371 g/mol. The molecule has 1 heterocycles. The Kier molecular flexibility index (Phi) is 7.61. The molecule has 1 aromatic carbocycles. The SMILES string of the molecule is CCN(C)Cc1cccc(CNC(=O)[C@H](NC(=O)c2ccco2)C(C)C)c1. The summed E-state index contributed by atoms with van der Waals surface area (Å²) in [5.74, 6) is -0.450. The summed E-state index contributed by atoms with van der Waals surface area (Å²) in [5, 5.41) is 5.68. The molecule has 0 aliphatic rings. The van der Waals surface area contributed by atoms with E-state index < -0.39 is 11.9 Å². The van der Waals surface area contributed by atoms with Gasteiger partial charge in [0.1, 0.15) is 6.04 Å². The molecular formula is C21H29N3O3. The molecule has 0 fully saturated rings. The molecule has 2 N–H and O–H groups in total. The highest BCUT2D eigenvalue weighted by Crippen LogP contribution is 2.09. The maximum Gasteiger partial charge on any atom is 0.287 e. The number of nitrogens with zero attached hydrogens (tertiary/aromatic N) is 1. The van der Waals surface area contributed by atoms with Crippen LogP contribution in [0.5, 0.6) is 0 Å². The second kappa shape index (κ2) is 9.92. The summed E-state index contributed by atoms with van der Waals surface area (Å²) in [6.07, 6.45) is 1.43. The van der Waals surface area contributed by atoms with Gasteiger partial charge in [0, 0.05) is 13.1 Å². The standard InChI is InChI=1S/C21H29N3O3/c1-5-24(4)14-17-9-6-8-16(12-17)13-22-21(26)19(15(2)3)23-20(25)18-10-7-11-27-18/h6-12,15,19H,5,13-14H2,1-4H3,(H,22,26)(H,23,25)/t19-/m1/s1. The van der Waals surface area contributed by atoms with Gasteiger partial charge in [-0.25, -0.2) is 0 Å². The lowest BCUT2D eigenvalue weighted by Crippen LogP contribution is -2.49. The van der Waals surface area contributed by atoms with Gasteiger partial charge >= 0.3 is 0 Å². The van der Waals surface area contributed by atoms with Crippen molar-refractivity contribution in [3.8, 4) is 0 Å². The third-order valence-corrected chi connectivity index (χ3v) is 4.43. The van der Waals surface area contributed by atoms with E-state index in [1.54, 1.807) is 12.1 Å². The van der Waals surface area contributed by atoms with E-state index in [1.165, 1.54) is 11.8 Å². The van der Waals surface area contributed by atoms with E-state index in [9.17, 15) is 9.59 Å². The summed E-state index contributed by atoms with van der Waals surface area (Å²) in [6, 6.07) is 10.7. The molecule has 27 heavy (non-hydrogen) atoms. The van der Waals surface area contributed by atoms with Crippen molar-refractivity contribution in [2.45, 2.75) is 39.9 Å². The first-order chi connectivity index (χ1) is 12.9. The van der Waals surface area contributed by atoms with Crippen LogP contribution in [0.1, 0.15) is 42.5 Å². The van der Waals surface area contributed by atoms with Gasteiger partial charge in [-0.15, -0.1) is 0 Å². The lowest BCUT2D eigenvalue weighted by molar-refractivity contribution is -0.124. The Hall–Kier alpha value is -2.60. The molecule has 0 aliphatic carbocycles. The van der Waals surface area contributed by atoms with Crippen LogP contribution in [-0.4, -0.2) is 36.3 Å². The Bertz CT molecular complexity index is 741. The van der Waals surface area contributed by atoms with E-state index in [-0.39, 0.29) is 17.6 Å². The first-order valence-corrected chi connectivity index (χ1v) is 9.29. The van der Waals surface area contributed by atoms with Crippen molar-refractivity contribution in [3.63, 3.8) is 0 Å². The summed E-state index contributed by atoms with van der Waals surface area (Å²) in [6.45, 7) is 8.18. The van der Waals surface area contributed by atoms with Crippen LogP contribution in [0.3, 0.4) is 0 Å². The quantitative estimate of drug-likeness (QED) is 0.711. The van der Waals surface area contributed by atoms with E-state index >= 15 is 0 Å². The third kappa shape index (κ3) is 6.25. The van der Waals surface area contributed by atoms with Crippen LogP contribution < -0.4 is 10.6 Å². The number of amides is 2. The largest absolute Gasteiger partial charge is 0.459 e. The molecule has 6 heteroatoms. The van der Waals surface area contributed by atoms with Crippen LogP contribution in [0, 0.1) is 5.92 Å². The minimum Gasteiger partial charge on any atom is -0.459 e. The highest BCUT2D eigenvalue weighted by atomic mass is 16.3. The highest BCUT2D eigenvalue weighted by Gasteiger charge is 2.25. The van der Waals surface area contributed by atoms with Gasteiger partial charge in [0.05, 0.1) is 6.26 Å². The second-order valence-corrected chi connectivity index (χ2v) is 7.04. The van der Waals surface area contributed by atoms with Crippen LogP contribution in [0.15, 0.2) is 47.1 Å². The van der Waals surface area contributed by atoms with Crippen molar-refractivity contribution in [3.05, 3.63) is 59.5 Å². The summed E-state index contributed by atoms with van der Waals surface area (Å²) >= 11 is 0. The van der Waals surface area contributed by atoms with Gasteiger partial charge in [0.15, 0.2) is 5.76 Å². The third-order valence-electron chi connectivity index (χ3n) is 4.43. The Morgan fingerprint density at radius 1 is 1.15 bits per heavy atom. The average Bonchev–Trinajstić information content (AvgIpc) is 3.18. The topological polar surface area (TPSA) is 74.6 Å². The Labute approximate surface area is 160 Å². The predicted octanol–water partition coefficient (Wildman–Crippen LogP) is 2.80. The maximum absolute atomic E-state index is 12.6. The van der Waals surface area contributed by atoms with E-state index in [2.05, 4.69) is 41.6 Å². The van der Waals surface area contributed by atoms with Gasteiger partial charge in [0.2, 0.25) is 5.91 Å². The van der Waals surface area contributed by atoms with Crippen molar-refractivity contribution >= 4 is 11.8 Å². The normalized spacial score (nSPS) is 12.2. The molecule has 0 saturated carbocycles. The Morgan fingerprint density at radius 3 is 2.52 bits per heavy atom. The maximum atomic E-state index is 12.6. The number of benzene rings is 1. The van der Waals surface area contributed by atoms with Crippen molar-refractivity contribution in [1.29, 1.82) is 0 Å². The van der Waals surface area contributed by atoms with Crippen molar-refractivity contribution in [1.82, 2.24) is 15.5 Å². The molecular weight excluding hydrogens is 342 g/mol.